The summed E-state index contributed by atoms with van der Waals surface area (Å²) < 4.78 is 8.99. The highest BCUT2D eigenvalue weighted by molar-refractivity contribution is 7.05. The Morgan fingerprint density at radius 3 is 3.09 bits per heavy atom. The van der Waals surface area contributed by atoms with E-state index in [0.29, 0.717) is 13.2 Å². The molecule has 62 valence electrons. The van der Waals surface area contributed by atoms with Crippen molar-refractivity contribution >= 4 is 11.5 Å². The molecule has 0 saturated carbocycles. The lowest BCUT2D eigenvalue weighted by molar-refractivity contribution is 0.184. The maximum absolute atomic E-state index is 5.34. The number of ether oxygens (including phenoxy) is 1. The molecule has 0 amide bonds. The van der Waals surface area contributed by atoms with Crippen molar-refractivity contribution in [3.05, 3.63) is 10.8 Å². The number of nitrogens with two attached hydrogens (primary N) is 1. The Labute approximate surface area is 69.6 Å². The average molecular weight is 173 g/mol. The monoisotopic (exact) mass is 173 g/mol. The number of nitrogens with zero attached hydrogens (tertiary/aromatic N) is 2. The Bertz CT molecular complexity index is 193. The van der Waals surface area contributed by atoms with Gasteiger partial charge in [-0.2, -0.15) is 4.37 Å². The first-order valence-corrected chi connectivity index (χ1v) is 4.14. The molecule has 0 spiro atoms. The molecule has 0 aliphatic rings. The summed E-state index contributed by atoms with van der Waals surface area (Å²) in [5.41, 5.74) is 5.34. The highest BCUT2D eigenvalue weighted by Crippen LogP contribution is 2.05. The van der Waals surface area contributed by atoms with Crippen molar-refractivity contribution in [1.82, 2.24) is 9.36 Å². The molecule has 11 heavy (non-hydrogen) atoms. The van der Waals surface area contributed by atoms with E-state index in [-0.39, 0.29) is 0 Å². The molecule has 0 saturated heterocycles. The zero-order valence-electron chi connectivity index (χ0n) is 6.41. The maximum Gasteiger partial charge on any atom is 0.143 e. The van der Waals surface area contributed by atoms with Crippen LogP contribution in [-0.2, 0) is 17.8 Å². The summed E-state index contributed by atoms with van der Waals surface area (Å²) in [4.78, 5) is 4.19. The molecular formula is C6H11N3OS. The predicted octanol–water partition coefficient (Wildman–Crippen LogP) is 0.186. The predicted molar refractivity (Wildman–Crippen MR) is 43.4 cm³/mol. The van der Waals surface area contributed by atoms with Gasteiger partial charge in [-0.1, -0.05) is 0 Å². The molecule has 1 heterocycles. The van der Waals surface area contributed by atoms with Crippen LogP contribution in [0.4, 0.5) is 0 Å². The van der Waals surface area contributed by atoms with Crippen LogP contribution in [0.5, 0.6) is 0 Å². The summed E-state index contributed by atoms with van der Waals surface area (Å²) in [5.74, 6) is 0.824. The van der Waals surface area contributed by atoms with Crippen LogP contribution in [0, 0.1) is 0 Å². The van der Waals surface area contributed by atoms with Gasteiger partial charge in [0, 0.05) is 13.5 Å². The van der Waals surface area contributed by atoms with E-state index in [0.717, 1.165) is 17.3 Å². The highest BCUT2D eigenvalue weighted by Gasteiger charge is 2.01. The van der Waals surface area contributed by atoms with Crippen molar-refractivity contribution < 1.29 is 4.74 Å². The highest BCUT2D eigenvalue weighted by atomic mass is 32.1. The van der Waals surface area contributed by atoms with Crippen molar-refractivity contribution in [2.45, 2.75) is 13.0 Å². The average Bonchev–Trinajstić information content (AvgIpc) is 2.38. The molecule has 1 aromatic heterocycles. The van der Waals surface area contributed by atoms with Gasteiger partial charge < -0.3 is 10.5 Å². The molecule has 5 heteroatoms. The van der Waals surface area contributed by atoms with Gasteiger partial charge in [-0.25, -0.2) is 4.98 Å². The van der Waals surface area contributed by atoms with Crippen LogP contribution in [0.25, 0.3) is 0 Å². The van der Waals surface area contributed by atoms with Crippen molar-refractivity contribution in [3.8, 4) is 0 Å². The largest absolute Gasteiger partial charge is 0.377 e. The molecule has 0 bridgehead atoms. The second kappa shape index (κ2) is 4.38. The second-order valence-electron chi connectivity index (χ2n) is 2.08. The molecule has 0 fully saturated rings. The normalized spacial score (nSPS) is 10.4. The fourth-order valence-corrected chi connectivity index (χ4v) is 1.36. The van der Waals surface area contributed by atoms with Gasteiger partial charge in [0.1, 0.15) is 10.8 Å². The summed E-state index contributed by atoms with van der Waals surface area (Å²) in [6.07, 6.45) is 0.750. The zero-order valence-corrected chi connectivity index (χ0v) is 7.23. The Hall–Kier alpha value is -0.520. The number of aromatic nitrogens is 2. The SMILES string of the molecule is COCc1nc(CCN)ns1. The Morgan fingerprint density at radius 1 is 1.64 bits per heavy atom. The van der Waals surface area contributed by atoms with Gasteiger partial charge in [-0.05, 0) is 18.1 Å². The number of rotatable bonds is 4. The molecule has 0 unspecified atom stereocenters. The van der Waals surface area contributed by atoms with Gasteiger partial charge in [0.05, 0.1) is 6.61 Å². The van der Waals surface area contributed by atoms with Crippen molar-refractivity contribution in [3.63, 3.8) is 0 Å². The Morgan fingerprint density at radius 2 is 2.45 bits per heavy atom. The lowest BCUT2D eigenvalue weighted by atomic mass is 10.4. The Kier molecular flexibility index (Phi) is 3.41. The second-order valence-corrected chi connectivity index (χ2v) is 2.91. The van der Waals surface area contributed by atoms with Gasteiger partial charge in [0.2, 0.25) is 0 Å². The van der Waals surface area contributed by atoms with Gasteiger partial charge in [-0.3, -0.25) is 0 Å². The molecule has 4 nitrogen and oxygen atoms in total. The minimum absolute atomic E-state index is 0.544. The van der Waals surface area contributed by atoms with Crippen molar-refractivity contribution in [2.24, 2.45) is 5.73 Å². The standard InChI is InChI=1S/C6H11N3OS/c1-10-4-6-8-5(2-3-7)9-11-6/h2-4,7H2,1H3. The quantitative estimate of drug-likeness (QED) is 0.706. The van der Waals surface area contributed by atoms with E-state index in [1.165, 1.54) is 11.5 Å². The lowest BCUT2D eigenvalue weighted by Gasteiger charge is -1.89. The van der Waals surface area contributed by atoms with E-state index in [9.17, 15) is 0 Å². The van der Waals surface area contributed by atoms with E-state index < -0.39 is 0 Å². The molecule has 1 rings (SSSR count). The van der Waals surface area contributed by atoms with Gasteiger partial charge in [0.15, 0.2) is 0 Å². The minimum atomic E-state index is 0.544. The van der Waals surface area contributed by atoms with Crippen LogP contribution in [0.15, 0.2) is 0 Å². The van der Waals surface area contributed by atoms with Crippen molar-refractivity contribution in [1.29, 1.82) is 0 Å². The summed E-state index contributed by atoms with van der Waals surface area (Å²) in [6.45, 7) is 1.14. The van der Waals surface area contributed by atoms with E-state index in [4.69, 9.17) is 10.5 Å². The third-order valence-corrected chi connectivity index (χ3v) is 1.87. The van der Waals surface area contributed by atoms with Crippen molar-refractivity contribution in [2.75, 3.05) is 13.7 Å². The van der Waals surface area contributed by atoms with Crippen LogP contribution >= 0.6 is 11.5 Å². The summed E-state index contributed by atoms with van der Waals surface area (Å²) in [5, 5.41) is 0.913. The molecule has 1 aromatic rings. The first-order valence-electron chi connectivity index (χ1n) is 3.37. The zero-order chi connectivity index (χ0) is 8.10. The topological polar surface area (TPSA) is 61.0 Å². The summed E-state index contributed by atoms with van der Waals surface area (Å²) >= 11 is 1.37. The molecule has 0 aliphatic carbocycles. The lowest BCUT2D eigenvalue weighted by Crippen LogP contribution is -2.04. The van der Waals surface area contributed by atoms with E-state index in [1.807, 2.05) is 0 Å². The first kappa shape index (κ1) is 8.58. The van der Waals surface area contributed by atoms with E-state index in [2.05, 4.69) is 9.36 Å². The number of hydrogen-bond acceptors (Lipinski definition) is 5. The van der Waals surface area contributed by atoms with Crippen LogP contribution < -0.4 is 5.73 Å². The van der Waals surface area contributed by atoms with Crippen LogP contribution in [-0.4, -0.2) is 23.0 Å². The van der Waals surface area contributed by atoms with Crippen LogP contribution in [0.3, 0.4) is 0 Å². The third kappa shape index (κ3) is 2.53. The molecule has 0 radical (unpaired) electrons. The fourth-order valence-electron chi connectivity index (χ4n) is 0.703. The molecule has 0 atom stereocenters. The molecular weight excluding hydrogens is 162 g/mol. The summed E-state index contributed by atoms with van der Waals surface area (Å²) in [6, 6.07) is 0. The number of methoxy groups -OCH3 is 1. The van der Waals surface area contributed by atoms with E-state index in [1.54, 1.807) is 7.11 Å². The van der Waals surface area contributed by atoms with Gasteiger partial charge in [0.25, 0.3) is 0 Å². The summed E-state index contributed by atoms with van der Waals surface area (Å²) in [7, 11) is 1.64. The molecule has 0 aromatic carbocycles. The Balaban J connectivity index is 2.51. The minimum Gasteiger partial charge on any atom is -0.377 e. The third-order valence-electron chi connectivity index (χ3n) is 1.15. The van der Waals surface area contributed by atoms with Gasteiger partial charge in [-0.15, -0.1) is 0 Å². The van der Waals surface area contributed by atoms with E-state index >= 15 is 0 Å². The smallest absolute Gasteiger partial charge is 0.143 e. The van der Waals surface area contributed by atoms with Crippen LogP contribution in [0.2, 0.25) is 0 Å². The van der Waals surface area contributed by atoms with Crippen LogP contribution in [0.1, 0.15) is 10.8 Å². The fraction of sp³-hybridized carbons (Fsp3) is 0.667. The molecule has 0 aliphatic heterocycles. The first-order chi connectivity index (χ1) is 5.36. The molecule has 2 N–H and O–H groups in total. The number of hydrogen-bond donors (Lipinski definition) is 1. The maximum atomic E-state index is 5.34. The van der Waals surface area contributed by atoms with Gasteiger partial charge >= 0.3 is 0 Å².